The Morgan fingerprint density at radius 3 is 1.87 bits per heavy atom. The van der Waals surface area contributed by atoms with E-state index >= 15 is 0 Å². The summed E-state index contributed by atoms with van der Waals surface area (Å²) >= 11 is 0. The topological polar surface area (TPSA) is 72.8 Å². The normalized spacial score (nSPS) is 13.4. The van der Waals surface area contributed by atoms with Crippen LogP contribution < -0.4 is 0 Å². The van der Waals surface area contributed by atoms with E-state index in [-0.39, 0.29) is 31.6 Å². The number of carbonyl (C=O) groups is 2. The van der Waals surface area contributed by atoms with Crippen molar-refractivity contribution in [2.45, 2.75) is 103 Å². The Morgan fingerprint density at radius 2 is 1.18 bits per heavy atom. The fraction of sp³-hybridized carbons (Fsp3) is 0.529. The molecule has 0 saturated heterocycles. The molecule has 5 heteroatoms. The fourth-order valence-electron chi connectivity index (χ4n) is 3.38. The van der Waals surface area contributed by atoms with Crippen LogP contribution in [0.5, 0.6) is 0 Å². The van der Waals surface area contributed by atoms with Crippen molar-refractivity contribution in [1.29, 1.82) is 0 Å². The number of aliphatic hydroxyl groups is 1. The summed E-state index contributed by atoms with van der Waals surface area (Å²) in [6, 6.07) is 0. The minimum Gasteiger partial charge on any atom is -0.462 e. The Kier molecular flexibility index (Phi) is 27.4. The first-order chi connectivity index (χ1) is 19.1. The van der Waals surface area contributed by atoms with Crippen LogP contribution in [0, 0.1) is 0 Å². The molecule has 0 rings (SSSR count). The van der Waals surface area contributed by atoms with Crippen LogP contribution in [0.2, 0.25) is 0 Å². The average Bonchev–Trinajstić information content (AvgIpc) is 2.94. The van der Waals surface area contributed by atoms with Gasteiger partial charge in [-0.1, -0.05) is 118 Å². The molecular formula is C34H52O5. The van der Waals surface area contributed by atoms with Crippen molar-refractivity contribution in [2.75, 3.05) is 13.2 Å². The molecule has 0 bridgehead atoms. The van der Waals surface area contributed by atoms with E-state index in [1.54, 1.807) is 0 Å². The van der Waals surface area contributed by atoms with E-state index in [1.165, 1.54) is 0 Å². The molecule has 0 spiro atoms. The second-order valence-electron chi connectivity index (χ2n) is 9.18. The zero-order chi connectivity index (χ0) is 28.7. The van der Waals surface area contributed by atoms with Gasteiger partial charge < -0.3 is 14.6 Å². The first-order valence-corrected chi connectivity index (χ1v) is 14.7. The van der Waals surface area contributed by atoms with Crippen LogP contribution in [0.3, 0.4) is 0 Å². The summed E-state index contributed by atoms with van der Waals surface area (Å²) in [5.74, 6) is -0.710. The van der Waals surface area contributed by atoms with E-state index in [9.17, 15) is 14.7 Å². The number of ether oxygens (including phenoxy) is 2. The van der Waals surface area contributed by atoms with Crippen molar-refractivity contribution < 1.29 is 24.2 Å². The van der Waals surface area contributed by atoms with Crippen LogP contribution in [-0.2, 0) is 19.1 Å². The van der Waals surface area contributed by atoms with E-state index in [4.69, 9.17) is 9.47 Å². The van der Waals surface area contributed by atoms with E-state index in [0.717, 1.165) is 64.2 Å². The molecule has 0 aliphatic rings. The van der Waals surface area contributed by atoms with Crippen LogP contribution in [0.25, 0.3) is 0 Å². The van der Waals surface area contributed by atoms with Crippen molar-refractivity contribution in [3.8, 4) is 0 Å². The van der Waals surface area contributed by atoms with E-state index in [1.807, 2.05) is 54.7 Å². The molecule has 0 heterocycles. The molecule has 5 nitrogen and oxygen atoms in total. The molecule has 0 aliphatic carbocycles. The van der Waals surface area contributed by atoms with E-state index in [0.29, 0.717) is 12.8 Å². The molecule has 0 aromatic carbocycles. The lowest BCUT2D eigenvalue weighted by Gasteiger charge is -2.15. The van der Waals surface area contributed by atoms with Gasteiger partial charge in [0.05, 0.1) is 6.61 Å². The third kappa shape index (κ3) is 27.9. The zero-order valence-corrected chi connectivity index (χ0v) is 24.3. The van der Waals surface area contributed by atoms with Crippen LogP contribution in [0.1, 0.15) is 97.3 Å². The molecule has 0 fully saturated rings. The number of hydrogen-bond donors (Lipinski definition) is 1. The van der Waals surface area contributed by atoms with Crippen molar-refractivity contribution in [2.24, 2.45) is 0 Å². The highest BCUT2D eigenvalue weighted by Crippen LogP contribution is 2.09. The molecule has 0 amide bonds. The van der Waals surface area contributed by atoms with Gasteiger partial charge in [0.2, 0.25) is 0 Å². The lowest BCUT2D eigenvalue weighted by atomic mass is 10.1. The van der Waals surface area contributed by atoms with Crippen LogP contribution >= 0.6 is 0 Å². The monoisotopic (exact) mass is 540 g/mol. The van der Waals surface area contributed by atoms with Gasteiger partial charge in [-0.05, 0) is 51.4 Å². The molecule has 39 heavy (non-hydrogen) atoms. The van der Waals surface area contributed by atoms with Gasteiger partial charge in [-0.25, -0.2) is 0 Å². The molecule has 0 aromatic heterocycles. The smallest absolute Gasteiger partial charge is 0.306 e. The van der Waals surface area contributed by atoms with Gasteiger partial charge in [0.1, 0.15) is 6.61 Å². The first-order valence-electron chi connectivity index (χ1n) is 14.7. The number of allylic oxidation sites excluding steroid dienone is 14. The summed E-state index contributed by atoms with van der Waals surface area (Å²) in [6.45, 7) is 3.76. The maximum Gasteiger partial charge on any atom is 0.306 e. The number of esters is 2. The number of carbonyl (C=O) groups excluding carboxylic acids is 2. The summed E-state index contributed by atoms with van der Waals surface area (Å²) in [4.78, 5) is 24.0. The Bertz CT molecular complexity index is 798. The molecular weight excluding hydrogens is 488 g/mol. The summed E-state index contributed by atoms with van der Waals surface area (Å²) in [6.07, 6.45) is 39.3. The molecule has 0 aromatic rings. The van der Waals surface area contributed by atoms with Crippen LogP contribution in [-0.4, -0.2) is 36.4 Å². The fourth-order valence-corrected chi connectivity index (χ4v) is 3.38. The Hall–Kier alpha value is -2.92. The zero-order valence-electron chi connectivity index (χ0n) is 24.3. The minimum atomic E-state index is -0.809. The molecule has 0 aliphatic heterocycles. The van der Waals surface area contributed by atoms with Gasteiger partial charge in [0, 0.05) is 12.8 Å². The SMILES string of the molecule is CC/C=C/C=C/C=C/C=C/C=C/CCCC(=O)OCC(CO)OC(=O)CCCCCCC/C=C/C/C=C/CC. The number of hydrogen-bond acceptors (Lipinski definition) is 5. The van der Waals surface area contributed by atoms with Gasteiger partial charge in [-0.3, -0.25) is 9.59 Å². The highest BCUT2D eigenvalue weighted by Gasteiger charge is 2.15. The summed E-state index contributed by atoms with van der Waals surface area (Å²) in [5, 5.41) is 9.45. The van der Waals surface area contributed by atoms with Gasteiger partial charge in [0.15, 0.2) is 6.10 Å². The molecule has 1 atom stereocenters. The van der Waals surface area contributed by atoms with E-state index < -0.39 is 6.10 Å². The maximum absolute atomic E-state index is 12.0. The number of unbranched alkanes of at least 4 members (excludes halogenated alkanes) is 6. The highest BCUT2D eigenvalue weighted by atomic mass is 16.6. The molecule has 1 unspecified atom stereocenters. The second-order valence-corrected chi connectivity index (χ2v) is 9.18. The van der Waals surface area contributed by atoms with Crippen molar-refractivity contribution in [3.63, 3.8) is 0 Å². The van der Waals surface area contributed by atoms with Crippen molar-refractivity contribution in [3.05, 3.63) is 85.1 Å². The molecule has 0 radical (unpaired) electrons. The van der Waals surface area contributed by atoms with Gasteiger partial charge in [-0.15, -0.1) is 0 Å². The second kappa shape index (κ2) is 29.6. The average molecular weight is 541 g/mol. The minimum absolute atomic E-state index is 0.115. The Labute approximate surface area is 237 Å². The van der Waals surface area contributed by atoms with Crippen LogP contribution in [0.4, 0.5) is 0 Å². The summed E-state index contributed by atoms with van der Waals surface area (Å²) in [7, 11) is 0. The van der Waals surface area contributed by atoms with Crippen molar-refractivity contribution >= 4 is 11.9 Å². The van der Waals surface area contributed by atoms with Gasteiger partial charge in [-0.2, -0.15) is 0 Å². The molecule has 218 valence electrons. The largest absolute Gasteiger partial charge is 0.462 e. The Morgan fingerprint density at radius 1 is 0.615 bits per heavy atom. The lowest BCUT2D eigenvalue weighted by molar-refractivity contribution is -0.161. The first kappa shape index (κ1) is 36.1. The highest BCUT2D eigenvalue weighted by molar-refractivity contribution is 5.70. The number of rotatable bonds is 24. The van der Waals surface area contributed by atoms with Crippen molar-refractivity contribution in [1.82, 2.24) is 0 Å². The maximum atomic E-state index is 12.0. The molecule has 1 N–H and O–H groups in total. The number of aliphatic hydroxyl groups excluding tert-OH is 1. The van der Waals surface area contributed by atoms with E-state index in [2.05, 4.69) is 44.2 Å². The summed E-state index contributed by atoms with van der Waals surface area (Å²) < 4.78 is 10.4. The van der Waals surface area contributed by atoms with Gasteiger partial charge >= 0.3 is 11.9 Å². The quantitative estimate of drug-likeness (QED) is 0.0575. The van der Waals surface area contributed by atoms with Crippen LogP contribution in [0.15, 0.2) is 85.1 Å². The third-order valence-electron chi connectivity index (χ3n) is 5.56. The predicted molar refractivity (Wildman–Crippen MR) is 163 cm³/mol. The lowest BCUT2D eigenvalue weighted by Crippen LogP contribution is -2.28. The van der Waals surface area contributed by atoms with Gasteiger partial charge in [0.25, 0.3) is 0 Å². The third-order valence-corrected chi connectivity index (χ3v) is 5.56. The standard InChI is InChI=1S/C34H52O5/c1-3-5-7-9-11-13-15-17-19-20-22-24-26-28-33(36)38-31-32(30-35)39-34(37)29-27-25-23-21-18-16-14-12-10-8-6-4-2/h5-9,11-15,17,19-20,22,32,35H,3-4,10,16,18,21,23-31H2,1-2H3/b7-5+,8-6+,11-9+,14-12+,15-13+,19-17+,22-20+. The Balaban J connectivity index is 3.82. The summed E-state index contributed by atoms with van der Waals surface area (Å²) in [5.41, 5.74) is 0. The molecule has 0 saturated carbocycles. The predicted octanol–water partition coefficient (Wildman–Crippen LogP) is 8.44.